The standard InChI is InChI=1S/C21H20O10.H2O/c22-8-14-17(25)19(27)20(28)21(31-14)30-13-7-12-15(18(26)16(13)24)10(23)6-11(29-12)9-4-2-1-3-5-9;/h1-7,14,17,19-22,24-28H,8H2;1H2/t14-,17-,19+,20-,21-;/m1./s1. The van der Waals surface area contributed by atoms with Crippen LogP contribution in [0.15, 0.2) is 51.7 Å². The predicted molar refractivity (Wildman–Crippen MR) is 109 cm³/mol. The Balaban J connectivity index is 0.00000289. The van der Waals surface area contributed by atoms with Crippen LogP contribution in [0.5, 0.6) is 17.2 Å². The Morgan fingerprint density at radius 2 is 1.62 bits per heavy atom. The molecule has 2 aromatic carbocycles. The molecular formula is C21H22O11. The third-order valence-corrected chi connectivity index (χ3v) is 5.08. The molecule has 32 heavy (non-hydrogen) atoms. The number of fused-ring (bicyclic) bond motifs is 1. The van der Waals surface area contributed by atoms with E-state index < -0.39 is 60.0 Å². The molecule has 1 aliphatic heterocycles. The van der Waals surface area contributed by atoms with E-state index in [0.29, 0.717) is 5.56 Å². The number of aromatic hydroxyl groups is 2. The van der Waals surface area contributed by atoms with Crippen molar-refractivity contribution in [3.8, 4) is 28.6 Å². The van der Waals surface area contributed by atoms with Crippen LogP contribution >= 0.6 is 0 Å². The predicted octanol–water partition coefficient (Wildman–Crippen LogP) is -0.775. The van der Waals surface area contributed by atoms with E-state index in [-0.39, 0.29) is 22.2 Å². The minimum Gasteiger partial charge on any atom is -0.504 e. The van der Waals surface area contributed by atoms with Gasteiger partial charge in [0, 0.05) is 17.7 Å². The Morgan fingerprint density at radius 1 is 0.938 bits per heavy atom. The van der Waals surface area contributed by atoms with Crippen LogP contribution in [-0.4, -0.2) is 73.4 Å². The molecule has 8 N–H and O–H groups in total. The maximum Gasteiger partial charge on any atom is 0.229 e. The second-order valence-corrected chi connectivity index (χ2v) is 7.10. The number of hydrogen-bond acceptors (Lipinski definition) is 10. The molecule has 5 atom stereocenters. The Bertz CT molecular complexity index is 1140. The molecule has 0 aliphatic carbocycles. The van der Waals surface area contributed by atoms with Crippen molar-refractivity contribution in [2.75, 3.05) is 6.61 Å². The Labute approximate surface area is 180 Å². The van der Waals surface area contributed by atoms with Crippen LogP contribution in [0, 0.1) is 0 Å². The van der Waals surface area contributed by atoms with Gasteiger partial charge in [0.1, 0.15) is 41.1 Å². The van der Waals surface area contributed by atoms with Gasteiger partial charge in [-0.3, -0.25) is 4.79 Å². The molecule has 3 aromatic rings. The average molecular weight is 450 g/mol. The van der Waals surface area contributed by atoms with Crippen LogP contribution in [0.4, 0.5) is 0 Å². The summed E-state index contributed by atoms with van der Waals surface area (Å²) in [5, 5.41) is 59.6. The smallest absolute Gasteiger partial charge is 0.229 e. The summed E-state index contributed by atoms with van der Waals surface area (Å²) in [6.07, 6.45) is -7.87. The van der Waals surface area contributed by atoms with E-state index >= 15 is 0 Å². The summed E-state index contributed by atoms with van der Waals surface area (Å²) in [4.78, 5) is 12.5. The molecule has 1 saturated heterocycles. The summed E-state index contributed by atoms with van der Waals surface area (Å²) in [7, 11) is 0. The molecule has 2 heterocycles. The van der Waals surface area contributed by atoms with E-state index in [4.69, 9.17) is 13.9 Å². The average Bonchev–Trinajstić information content (AvgIpc) is 2.77. The lowest BCUT2D eigenvalue weighted by molar-refractivity contribution is -0.277. The van der Waals surface area contributed by atoms with Crippen molar-refractivity contribution in [3.05, 3.63) is 52.7 Å². The number of phenols is 2. The fraction of sp³-hybridized carbons (Fsp3) is 0.286. The van der Waals surface area contributed by atoms with Crippen molar-refractivity contribution in [2.45, 2.75) is 30.7 Å². The zero-order valence-electron chi connectivity index (χ0n) is 16.5. The SMILES string of the molecule is O.O=c1cc(-c2ccccc2)oc2cc(O[C@@H]3O[C@H](CO)[C@@H](O)[C@H](O)[C@H]3O)c(O)c(O)c12. The van der Waals surface area contributed by atoms with E-state index in [1.807, 2.05) is 0 Å². The molecule has 11 nitrogen and oxygen atoms in total. The van der Waals surface area contributed by atoms with Crippen molar-refractivity contribution in [1.82, 2.24) is 0 Å². The Hall–Kier alpha value is -3.19. The topological polar surface area (TPSA) is 202 Å². The molecule has 0 saturated carbocycles. The van der Waals surface area contributed by atoms with Crippen LogP contribution in [0.25, 0.3) is 22.3 Å². The summed E-state index contributed by atoms with van der Waals surface area (Å²) < 4.78 is 16.4. The van der Waals surface area contributed by atoms with E-state index in [9.17, 15) is 35.4 Å². The van der Waals surface area contributed by atoms with Crippen molar-refractivity contribution < 1.29 is 50.0 Å². The number of phenolic OH excluding ortho intramolecular Hbond substituents is 2. The maximum atomic E-state index is 12.5. The van der Waals surface area contributed by atoms with Gasteiger partial charge < -0.3 is 50.0 Å². The second kappa shape index (κ2) is 9.12. The van der Waals surface area contributed by atoms with Gasteiger partial charge in [-0.15, -0.1) is 0 Å². The molecule has 1 aliphatic rings. The summed E-state index contributed by atoms with van der Waals surface area (Å²) in [6, 6.07) is 11.0. The number of rotatable bonds is 4. The number of ether oxygens (including phenoxy) is 2. The first-order valence-electron chi connectivity index (χ1n) is 9.37. The van der Waals surface area contributed by atoms with Crippen molar-refractivity contribution in [2.24, 2.45) is 0 Å². The minimum atomic E-state index is -1.74. The van der Waals surface area contributed by atoms with Crippen LogP contribution in [0.3, 0.4) is 0 Å². The quantitative estimate of drug-likeness (QED) is 0.274. The number of aliphatic hydroxyl groups excluding tert-OH is 4. The molecule has 11 heteroatoms. The lowest BCUT2D eigenvalue weighted by Crippen LogP contribution is -2.60. The highest BCUT2D eigenvalue weighted by Gasteiger charge is 2.45. The lowest BCUT2D eigenvalue weighted by atomic mass is 9.99. The van der Waals surface area contributed by atoms with Crippen LogP contribution < -0.4 is 10.2 Å². The molecular weight excluding hydrogens is 428 g/mol. The lowest BCUT2D eigenvalue weighted by Gasteiger charge is -2.39. The highest BCUT2D eigenvalue weighted by molar-refractivity contribution is 5.89. The molecule has 0 spiro atoms. The van der Waals surface area contributed by atoms with E-state index in [1.54, 1.807) is 30.3 Å². The van der Waals surface area contributed by atoms with Crippen molar-refractivity contribution >= 4 is 11.0 Å². The third kappa shape index (κ3) is 4.00. The fourth-order valence-corrected chi connectivity index (χ4v) is 3.39. The molecule has 172 valence electrons. The van der Waals surface area contributed by atoms with Crippen LogP contribution in [-0.2, 0) is 4.74 Å². The van der Waals surface area contributed by atoms with Gasteiger partial charge in [-0.1, -0.05) is 30.3 Å². The summed E-state index contributed by atoms with van der Waals surface area (Å²) in [5.41, 5.74) is -0.112. The van der Waals surface area contributed by atoms with Gasteiger partial charge in [-0.05, 0) is 0 Å². The molecule has 0 bridgehead atoms. The Kier molecular flexibility index (Phi) is 6.69. The van der Waals surface area contributed by atoms with Crippen LogP contribution in [0.1, 0.15) is 0 Å². The summed E-state index contributed by atoms with van der Waals surface area (Å²) in [5.74, 6) is -1.82. The normalized spacial score (nSPS) is 25.3. The van der Waals surface area contributed by atoms with Gasteiger partial charge in [0.15, 0.2) is 16.9 Å². The number of hydrogen-bond donors (Lipinski definition) is 6. The zero-order chi connectivity index (χ0) is 22.3. The van der Waals surface area contributed by atoms with Gasteiger partial charge in [0.2, 0.25) is 12.0 Å². The molecule has 0 amide bonds. The van der Waals surface area contributed by atoms with Gasteiger partial charge in [-0.2, -0.15) is 0 Å². The first kappa shape index (κ1) is 23.5. The van der Waals surface area contributed by atoms with Gasteiger partial charge in [-0.25, -0.2) is 0 Å². The zero-order valence-corrected chi connectivity index (χ0v) is 16.5. The molecule has 0 radical (unpaired) electrons. The number of benzene rings is 2. The van der Waals surface area contributed by atoms with Crippen LogP contribution in [0.2, 0.25) is 0 Å². The molecule has 4 rings (SSSR count). The second-order valence-electron chi connectivity index (χ2n) is 7.10. The molecule has 1 aromatic heterocycles. The van der Waals surface area contributed by atoms with Gasteiger partial charge in [0.25, 0.3) is 0 Å². The minimum absolute atomic E-state index is 0. The van der Waals surface area contributed by atoms with E-state index in [0.717, 1.165) is 6.07 Å². The van der Waals surface area contributed by atoms with Gasteiger partial charge in [0.05, 0.1) is 6.61 Å². The van der Waals surface area contributed by atoms with Gasteiger partial charge >= 0.3 is 0 Å². The number of aliphatic hydroxyl groups is 4. The first-order chi connectivity index (χ1) is 14.8. The summed E-state index contributed by atoms with van der Waals surface area (Å²) >= 11 is 0. The third-order valence-electron chi connectivity index (χ3n) is 5.08. The highest BCUT2D eigenvalue weighted by atomic mass is 16.7. The van der Waals surface area contributed by atoms with E-state index in [2.05, 4.69) is 0 Å². The fourth-order valence-electron chi connectivity index (χ4n) is 3.39. The molecule has 0 unspecified atom stereocenters. The van der Waals surface area contributed by atoms with Crippen molar-refractivity contribution in [3.63, 3.8) is 0 Å². The highest BCUT2D eigenvalue weighted by Crippen LogP contribution is 2.42. The summed E-state index contributed by atoms with van der Waals surface area (Å²) in [6.45, 7) is -0.672. The van der Waals surface area contributed by atoms with Crippen molar-refractivity contribution in [1.29, 1.82) is 0 Å². The Morgan fingerprint density at radius 3 is 2.28 bits per heavy atom. The van der Waals surface area contributed by atoms with E-state index in [1.165, 1.54) is 6.07 Å². The largest absolute Gasteiger partial charge is 0.504 e. The molecule has 1 fully saturated rings. The first-order valence-corrected chi connectivity index (χ1v) is 9.37. The monoisotopic (exact) mass is 450 g/mol. The maximum absolute atomic E-state index is 12.5.